The van der Waals surface area contributed by atoms with Crippen molar-refractivity contribution in [1.29, 1.82) is 0 Å². The van der Waals surface area contributed by atoms with Crippen LogP contribution in [0.5, 0.6) is 11.5 Å². The summed E-state index contributed by atoms with van der Waals surface area (Å²) in [5.74, 6) is 1.36. The highest BCUT2D eigenvalue weighted by Crippen LogP contribution is 2.25. The third kappa shape index (κ3) is 5.94. The highest BCUT2D eigenvalue weighted by molar-refractivity contribution is 5.94. The minimum absolute atomic E-state index is 0.160. The third-order valence-electron chi connectivity index (χ3n) is 6.07. The molecule has 4 rings (SSSR count). The van der Waals surface area contributed by atoms with E-state index in [0.717, 1.165) is 48.0 Å². The van der Waals surface area contributed by atoms with Crippen molar-refractivity contribution in [3.8, 4) is 11.5 Å². The van der Waals surface area contributed by atoms with Crippen LogP contribution in [0.15, 0.2) is 64.5 Å². The Morgan fingerprint density at radius 1 is 1.03 bits per heavy atom. The lowest BCUT2D eigenvalue weighted by molar-refractivity contribution is 0.0945. The number of hydrogen-bond acceptors (Lipinski definition) is 7. The van der Waals surface area contributed by atoms with Crippen molar-refractivity contribution in [2.24, 2.45) is 10.2 Å². The summed E-state index contributed by atoms with van der Waals surface area (Å²) in [6, 6.07) is 14.5. The molecular weight excluding hydrogens is 430 g/mol. The number of nitrogens with zero attached hydrogens (tertiary/aromatic N) is 3. The Labute approximate surface area is 201 Å². The topological polar surface area (TPSA) is 87.6 Å². The molecular formula is C26H33N5O3. The molecule has 3 atom stereocenters. The molecule has 2 aliphatic rings. The van der Waals surface area contributed by atoms with E-state index in [1.807, 2.05) is 48.5 Å². The van der Waals surface area contributed by atoms with Gasteiger partial charge in [0.1, 0.15) is 11.5 Å². The van der Waals surface area contributed by atoms with E-state index in [0.29, 0.717) is 24.1 Å². The van der Waals surface area contributed by atoms with Gasteiger partial charge >= 0.3 is 0 Å². The number of benzene rings is 2. The summed E-state index contributed by atoms with van der Waals surface area (Å²) in [7, 11) is 3.28. The summed E-state index contributed by atoms with van der Waals surface area (Å²) in [4.78, 5) is 15.1. The van der Waals surface area contributed by atoms with Crippen LogP contribution in [0, 0.1) is 0 Å². The van der Waals surface area contributed by atoms with Crippen molar-refractivity contribution < 1.29 is 14.3 Å². The SMILES string of the molecule is COc1cc(CCC2=C[C@H](NC(=O)c3ccc(N4C[C@@H](C)N[C@@H](C)C4)cc3)N=N2)cc(OC)c1. The van der Waals surface area contributed by atoms with Crippen LogP contribution in [0.2, 0.25) is 0 Å². The predicted molar refractivity (Wildman–Crippen MR) is 133 cm³/mol. The van der Waals surface area contributed by atoms with Crippen LogP contribution in [0.25, 0.3) is 0 Å². The molecule has 0 bridgehead atoms. The number of piperazine rings is 1. The van der Waals surface area contributed by atoms with Crippen LogP contribution in [0.1, 0.15) is 36.2 Å². The van der Waals surface area contributed by atoms with E-state index < -0.39 is 6.17 Å². The van der Waals surface area contributed by atoms with Gasteiger partial charge < -0.3 is 25.0 Å². The van der Waals surface area contributed by atoms with Gasteiger partial charge in [0.2, 0.25) is 0 Å². The second kappa shape index (κ2) is 10.7. The quantitative estimate of drug-likeness (QED) is 0.619. The molecule has 0 aromatic heterocycles. The number of carbonyl (C=O) groups excluding carboxylic acids is 1. The fourth-order valence-electron chi connectivity index (χ4n) is 4.45. The molecule has 1 amide bonds. The lowest BCUT2D eigenvalue weighted by Crippen LogP contribution is -2.54. The Bertz CT molecular complexity index is 1030. The lowest BCUT2D eigenvalue weighted by Gasteiger charge is -2.37. The van der Waals surface area contributed by atoms with Crippen molar-refractivity contribution in [2.45, 2.75) is 44.9 Å². The van der Waals surface area contributed by atoms with E-state index in [2.05, 4.69) is 39.6 Å². The second-order valence-electron chi connectivity index (χ2n) is 8.93. The normalized spacial score (nSPS) is 21.8. The van der Waals surface area contributed by atoms with E-state index in [1.165, 1.54) is 0 Å². The number of nitrogens with one attached hydrogen (secondary N) is 2. The number of hydrogen-bond donors (Lipinski definition) is 2. The van der Waals surface area contributed by atoms with Crippen molar-refractivity contribution in [1.82, 2.24) is 10.6 Å². The number of rotatable bonds is 8. The Hall–Kier alpha value is -3.39. The van der Waals surface area contributed by atoms with Crippen LogP contribution in [-0.4, -0.2) is 51.5 Å². The maximum Gasteiger partial charge on any atom is 0.253 e. The summed E-state index contributed by atoms with van der Waals surface area (Å²) in [5.41, 5.74) is 3.69. The largest absolute Gasteiger partial charge is 0.497 e. The highest BCUT2D eigenvalue weighted by Gasteiger charge is 2.22. The highest BCUT2D eigenvalue weighted by atomic mass is 16.5. The van der Waals surface area contributed by atoms with Gasteiger partial charge in [-0.2, -0.15) is 10.2 Å². The molecule has 2 aromatic carbocycles. The van der Waals surface area contributed by atoms with Crippen molar-refractivity contribution in [2.75, 3.05) is 32.2 Å². The van der Waals surface area contributed by atoms with Gasteiger partial charge in [0.15, 0.2) is 6.17 Å². The van der Waals surface area contributed by atoms with E-state index in [9.17, 15) is 4.79 Å². The molecule has 0 unspecified atom stereocenters. The Balaban J connectivity index is 1.31. The fraction of sp³-hybridized carbons (Fsp3) is 0.423. The van der Waals surface area contributed by atoms with E-state index >= 15 is 0 Å². The number of amides is 1. The molecule has 180 valence electrons. The minimum Gasteiger partial charge on any atom is -0.497 e. The van der Waals surface area contributed by atoms with Crippen LogP contribution >= 0.6 is 0 Å². The molecule has 8 nitrogen and oxygen atoms in total. The first-order valence-corrected chi connectivity index (χ1v) is 11.7. The minimum atomic E-state index is -0.447. The van der Waals surface area contributed by atoms with Gasteiger partial charge in [-0.25, -0.2) is 0 Å². The smallest absolute Gasteiger partial charge is 0.253 e. The zero-order valence-corrected chi connectivity index (χ0v) is 20.2. The number of ether oxygens (including phenoxy) is 2. The molecule has 34 heavy (non-hydrogen) atoms. The van der Waals surface area contributed by atoms with Crippen molar-refractivity contribution in [3.05, 3.63) is 65.4 Å². The Morgan fingerprint density at radius 3 is 2.29 bits per heavy atom. The van der Waals surface area contributed by atoms with Crippen molar-refractivity contribution >= 4 is 11.6 Å². The number of allylic oxidation sites excluding steroid dienone is 1. The molecule has 1 fully saturated rings. The van der Waals surface area contributed by atoms with Gasteiger partial charge in [-0.15, -0.1) is 0 Å². The maximum atomic E-state index is 12.7. The summed E-state index contributed by atoms with van der Waals surface area (Å²) in [6.07, 6.45) is 2.93. The summed E-state index contributed by atoms with van der Waals surface area (Å²) in [6.45, 7) is 6.29. The van der Waals surface area contributed by atoms with Crippen LogP contribution in [0.4, 0.5) is 5.69 Å². The standard InChI is InChI=1S/C26H33N5O3/c1-17-15-31(16-18(2)27-17)22-9-6-20(7-10-22)26(32)28-25-13-21(29-30-25)8-5-19-11-23(33-3)14-24(12-19)34-4/h6-7,9-14,17-18,25,27H,5,8,15-16H2,1-4H3,(H,28,32)/t17-,18+,25-/m1/s1. The average Bonchev–Trinajstić information content (AvgIpc) is 3.29. The first-order chi connectivity index (χ1) is 16.4. The molecule has 2 aliphatic heterocycles. The summed E-state index contributed by atoms with van der Waals surface area (Å²) < 4.78 is 10.7. The van der Waals surface area contributed by atoms with Gasteiger partial charge in [-0.3, -0.25) is 4.79 Å². The Kier molecular flexibility index (Phi) is 7.47. The summed E-state index contributed by atoms with van der Waals surface area (Å²) in [5, 5.41) is 14.9. The van der Waals surface area contributed by atoms with E-state index in [-0.39, 0.29) is 5.91 Å². The van der Waals surface area contributed by atoms with Gasteiger partial charge in [-0.05, 0) is 74.7 Å². The molecule has 0 radical (unpaired) electrons. The maximum absolute atomic E-state index is 12.7. The number of azo groups is 1. The average molecular weight is 464 g/mol. The molecule has 2 aromatic rings. The molecule has 1 saturated heterocycles. The van der Waals surface area contributed by atoms with Gasteiger partial charge in [0.05, 0.1) is 19.9 Å². The molecule has 0 saturated carbocycles. The monoisotopic (exact) mass is 463 g/mol. The Morgan fingerprint density at radius 2 is 1.68 bits per heavy atom. The number of aryl methyl sites for hydroxylation is 1. The summed E-state index contributed by atoms with van der Waals surface area (Å²) >= 11 is 0. The molecule has 8 heteroatoms. The van der Waals surface area contributed by atoms with Gasteiger partial charge in [-0.1, -0.05) is 0 Å². The van der Waals surface area contributed by atoms with Gasteiger partial charge in [0, 0.05) is 42.5 Å². The van der Waals surface area contributed by atoms with Crippen LogP contribution < -0.4 is 25.0 Å². The molecule has 2 N–H and O–H groups in total. The first-order valence-electron chi connectivity index (χ1n) is 11.7. The predicted octanol–water partition coefficient (Wildman–Crippen LogP) is 3.93. The fourth-order valence-corrected chi connectivity index (χ4v) is 4.45. The second-order valence-corrected chi connectivity index (χ2v) is 8.93. The van der Waals surface area contributed by atoms with E-state index in [1.54, 1.807) is 14.2 Å². The third-order valence-corrected chi connectivity index (χ3v) is 6.07. The number of anilines is 1. The molecule has 2 heterocycles. The zero-order chi connectivity index (χ0) is 24.1. The molecule has 0 spiro atoms. The zero-order valence-electron chi connectivity index (χ0n) is 20.2. The number of methoxy groups -OCH3 is 2. The van der Waals surface area contributed by atoms with Crippen molar-refractivity contribution in [3.63, 3.8) is 0 Å². The van der Waals surface area contributed by atoms with Gasteiger partial charge in [0.25, 0.3) is 5.91 Å². The number of carbonyl (C=O) groups is 1. The van der Waals surface area contributed by atoms with Crippen LogP contribution in [0.3, 0.4) is 0 Å². The lowest BCUT2D eigenvalue weighted by atomic mass is 10.1. The molecule has 0 aliphatic carbocycles. The first kappa shape index (κ1) is 23.8. The van der Waals surface area contributed by atoms with Crippen LogP contribution in [-0.2, 0) is 6.42 Å². The van der Waals surface area contributed by atoms with E-state index in [4.69, 9.17) is 9.47 Å².